The number of aliphatic hydroxyl groups is 1. The second-order valence-corrected chi connectivity index (χ2v) is 6.24. The molecule has 0 aliphatic rings. The van der Waals surface area contributed by atoms with Crippen LogP contribution >= 0.6 is 0 Å². The fourth-order valence-electron chi connectivity index (χ4n) is 2.87. The fraction of sp³-hybridized carbons (Fsp3) is 0.381. The molecule has 5 nitrogen and oxygen atoms in total. The number of nitrogens with zero attached hydrogens (tertiary/aromatic N) is 1. The number of rotatable bonds is 8. The van der Waals surface area contributed by atoms with Gasteiger partial charge < -0.3 is 20.5 Å². The van der Waals surface area contributed by atoms with E-state index in [-0.39, 0.29) is 12.5 Å². The summed E-state index contributed by atoms with van der Waals surface area (Å²) in [4.78, 5) is 4.26. The average molecular weight is 355 g/mol. The van der Waals surface area contributed by atoms with Crippen molar-refractivity contribution in [2.75, 3.05) is 33.9 Å². The van der Waals surface area contributed by atoms with Gasteiger partial charge in [0.2, 0.25) is 0 Å². The maximum absolute atomic E-state index is 9.66. The smallest absolute Gasteiger partial charge is 0.191 e. The number of aryl methyl sites for hydroxylation is 1. The molecule has 0 radical (unpaired) electrons. The summed E-state index contributed by atoms with van der Waals surface area (Å²) >= 11 is 0. The van der Waals surface area contributed by atoms with E-state index in [4.69, 9.17) is 4.74 Å². The second-order valence-electron chi connectivity index (χ2n) is 6.24. The Labute approximate surface area is 156 Å². The van der Waals surface area contributed by atoms with Crippen LogP contribution in [0, 0.1) is 6.92 Å². The first-order chi connectivity index (χ1) is 12.7. The van der Waals surface area contributed by atoms with Crippen molar-refractivity contribution >= 4 is 5.96 Å². The fourth-order valence-corrected chi connectivity index (χ4v) is 2.87. The lowest BCUT2D eigenvalue weighted by Crippen LogP contribution is -2.40. The molecular formula is C21H29N3O2. The minimum atomic E-state index is 0.0339. The molecule has 5 heteroatoms. The van der Waals surface area contributed by atoms with Crippen LogP contribution in [0.4, 0.5) is 0 Å². The standard InChI is InChI=1S/C21H29N3O2/c1-16-9-10-20(26-3)18(13-16)11-12-23-21(22-2)24-14-19(15-25)17-7-5-4-6-8-17/h4-10,13,19,25H,11-12,14-15H2,1-3H3,(H2,22,23,24). The molecular weight excluding hydrogens is 326 g/mol. The summed E-state index contributed by atoms with van der Waals surface area (Å²) in [6.07, 6.45) is 0.841. The molecule has 0 bridgehead atoms. The molecule has 0 aliphatic heterocycles. The van der Waals surface area contributed by atoms with Gasteiger partial charge in [0, 0.05) is 26.1 Å². The molecule has 0 heterocycles. The monoisotopic (exact) mass is 355 g/mol. The molecule has 0 aromatic heterocycles. The molecule has 2 rings (SSSR count). The molecule has 3 N–H and O–H groups in total. The van der Waals surface area contributed by atoms with Gasteiger partial charge in [-0.15, -0.1) is 0 Å². The highest BCUT2D eigenvalue weighted by Gasteiger charge is 2.11. The molecule has 140 valence electrons. The van der Waals surface area contributed by atoms with Crippen LogP contribution in [0.15, 0.2) is 53.5 Å². The van der Waals surface area contributed by atoms with E-state index < -0.39 is 0 Å². The van der Waals surface area contributed by atoms with Crippen LogP contribution in [0.1, 0.15) is 22.6 Å². The third kappa shape index (κ3) is 5.77. The van der Waals surface area contributed by atoms with Crippen molar-refractivity contribution in [2.24, 2.45) is 4.99 Å². The largest absolute Gasteiger partial charge is 0.496 e. The van der Waals surface area contributed by atoms with Gasteiger partial charge in [-0.1, -0.05) is 48.0 Å². The van der Waals surface area contributed by atoms with Gasteiger partial charge in [0.05, 0.1) is 13.7 Å². The number of aliphatic imine (C=N–C) groups is 1. The first-order valence-electron chi connectivity index (χ1n) is 8.91. The maximum atomic E-state index is 9.66. The van der Waals surface area contributed by atoms with E-state index in [1.807, 2.05) is 36.4 Å². The van der Waals surface area contributed by atoms with Crippen molar-refractivity contribution in [1.29, 1.82) is 0 Å². The number of guanidine groups is 1. The normalized spacial score (nSPS) is 12.5. The Morgan fingerprint density at radius 1 is 1.15 bits per heavy atom. The van der Waals surface area contributed by atoms with Gasteiger partial charge in [0.15, 0.2) is 5.96 Å². The van der Waals surface area contributed by atoms with Crippen LogP contribution in [0.2, 0.25) is 0 Å². The van der Waals surface area contributed by atoms with E-state index in [2.05, 4.69) is 34.7 Å². The summed E-state index contributed by atoms with van der Waals surface area (Å²) in [5, 5.41) is 16.3. The molecule has 0 saturated heterocycles. The molecule has 0 amide bonds. The maximum Gasteiger partial charge on any atom is 0.191 e. The predicted molar refractivity (Wildman–Crippen MR) is 107 cm³/mol. The summed E-state index contributed by atoms with van der Waals surface area (Å²) in [7, 11) is 3.44. The van der Waals surface area contributed by atoms with Crippen LogP contribution in [0.25, 0.3) is 0 Å². The number of hydrogen-bond donors (Lipinski definition) is 3. The summed E-state index contributed by atoms with van der Waals surface area (Å²) in [5.41, 5.74) is 3.51. The van der Waals surface area contributed by atoms with Crippen LogP contribution in [0.5, 0.6) is 5.75 Å². The van der Waals surface area contributed by atoms with E-state index in [1.165, 1.54) is 11.1 Å². The second kappa shape index (κ2) is 10.5. The highest BCUT2D eigenvalue weighted by molar-refractivity contribution is 5.79. The molecule has 0 saturated carbocycles. The average Bonchev–Trinajstić information content (AvgIpc) is 2.68. The van der Waals surface area contributed by atoms with E-state index in [1.54, 1.807) is 14.2 Å². The van der Waals surface area contributed by atoms with Crippen LogP contribution in [-0.4, -0.2) is 44.9 Å². The number of aliphatic hydroxyl groups excluding tert-OH is 1. The minimum Gasteiger partial charge on any atom is -0.496 e. The molecule has 0 fully saturated rings. The third-order valence-electron chi connectivity index (χ3n) is 4.35. The minimum absolute atomic E-state index is 0.0339. The lowest BCUT2D eigenvalue weighted by atomic mass is 10.0. The lowest BCUT2D eigenvalue weighted by molar-refractivity contribution is 0.265. The zero-order valence-corrected chi connectivity index (χ0v) is 15.8. The van der Waals surface area contributed by atoms with Crippen LogP contribution in [-0.2, 0) is 6.42 Å². The first kappa shape index (κ1) is 19.8. The van der Waals surface area contributed by atoms with Gasteiger partial charge in [0.1, 0.15) is 5.75 Å². The topological polar surface area (TPSA) is 65.9 Å². The SMILES string of the molecule is CN=C(NCCc1cc(C)ccc1OC)NCC(CO)c1ccccc1. The van der Waals surface area contributed by atoms with Crippen molar-refractivity contribution in [3.05, 3.63) is 65.2 Å². The molecule has 2 aromatic carbocycles. The number of methoxy groups -OCH3 is 1. The molecule has 1 atom stereocenters. The predicted octanol–water partition coefficient (Wildman–Crippen LogP) is 2.49. The van der Waals surface area contributed by atoms with Crippen molar-refractivity contribution in [1.82, 2.24) is 10.6 Å². The number of nitrogens with one attached hydrogen (secondary N) is 2. The third-order valence-corrected chi connectivity index (χ3v) is 4.35. The summed E-state index contributed by atoms with van der Waals surface area (Å²) < 4.78 is 5.43. The van der Waals surface area contributed by atoms with Gasteiger partial charge in [-0.3, -0.25) is 4.99 Å². The number of hydrogen-bond acceptors (Lipinski definition) is 3. The Bertz CT molecular complexity index is 702. The zero-order chi connectivity index (χ0) is 18.8. The highest BCUT2D eigenvalue weighted by atomic mass is 16.5. The Kier molecular flexibility index (Phi) is 7.96. The summed E-state index contributed by atoms with van der Waals surface area (Å²) in [5.74, 6) is 1.67. The summed E-state index contributed by atoms with van der Waals surface area (Å²) in [6, 6.07) is 16.2. The van der Waals surface area contributed by atoms with Crippen LogP contribution in [0.3, 0.4) is 0 Å². The Balaban J connectivity index is 1.85. The Morgan fingerprint density at radius 2 is 1.92 bits per heavy atom. The zero-order valence-electron chi connectivity index (χ0n) is 15.8. The van der Waals surface area contributed by atoms with E-state index in [0.29, 0.717) is 6.54 Å². The van der Waals surface area contributed by atoms with Gasteiger partial charge >= 0.3 is 0 Å². The molecule has 0 aliphatic carbocycles. The lowest BCUT2D eigenvalue weighted by Gasteiger charge is -2.18. The van der Waals surface area contributed by atoms with Crippen molar-refractivity contribution in [2.45, 2.75) is 19.3 Å². The van der Waals surface area contributed by atoms with Crippen molar-refractivity contribution in [3.63, 3.8) is 0 Å². The van der Waals surface area contributed by atoms with Crippen LogP contribution < -0.4 is 15.4 Å². The van der Waals surface area contributed by atoms with E-state index in [9.17, 15) is 5.11 Å². The van der Waals surface area contributed by atoms with Crippen molar-refractivity contribution < 1.29 is 9.84 Å². The molecule has 26 heavy (non-hydrogen) atoms. The van der Waals surface area contributed by atoms with E-state index >= 15 is 0 Å². The van der Waals surface area contributed by atoms with Gasteiger partial charge in [-0.2, -0.15) is 0 Å². The summed E-state index contributed by atoms with van der Waals surface area (Å²) in [6.45, 7) is 3.53. The highest BCUT2D eigenvalue weighted by Crippen LogP contribution is 2.19. The van der Waals surface area contributed by atoms with Gasteiger partial charge in [-0.25, -0.2) is 0 Å². The van der Waals surface area contributed by atoms with E-state index in [0.717, 1.165) is 30.2 Å². The molecule has 1 unspecified atom stereocenters. The molecule has 2 aromatic rings. The Hall–Kier alpha value is -2.53. The number of ether oxygens (including phenoxy) is 1. The Morgan fingerprint density at radius 3 is 2.58 bits per heavy atom. The number of benzene rings is 2. The molecule has 0 spiro atoms. The van der Waals surface area contributed by atoms with Crippen molar-refractivity contribution in [3.8, 4) is 5.75 Å². The van der Waals surface area contributed by atoms with Gasteiger partial charge in [-0.05, 0) is 30.5 Å². The first-order valence-corrected chi connectivity index (χ1v) is 8.91. The van der Waals surface area contributed by atoms with Gasteiger partial charge in [0.25, 0.3) is 0 Å². The quantitative estimate of drug-likeness (QED) is 0.503.